The van der Waals surface area contributed by atoms with Gasteiger partial charge in [0.05, 0.1) is 17.7 Å². The summed E-state index contributed by atoms with van der Waals surface area (Å²) in [5.41, 5.74) is 0.938. The second kappa shape index (κ2) is 11.6. The Morgan fingerprint density at radius 1 is 1.29 bits per heavy atom. The number of likely N-dealkylation sites (tertiary alicyclic amines) is 1. The third-order valence-electron chi connectivity index (χ3n) is 5.61. The zero-order chi connectivity index (χ0) is 19.1. The molecule has 0 unspecified atom stereocenters. The number of rotatable bonds is 5. The van der Waals surface area contributed by atoms with Crippen molar-refractivity contribution in [3.63, 3.8) is 0 Å². The van der Waals surface area contributed by atoms with Crippen LogP contribution in [0.2, 0.25) is 0 Å². The van der Waals surface area contributed by atoms with Gasteiger partial charge in [-0.25, -0.2) is 4.39 Å². The second-order valence-electron chi connectivity index (χ2n) is 7.49. The van der Waals surface area contributed by atoms with E-state index >= 15 is 0 Å². The smallest absolute Gasteiger partial charge is 0.193 e. The normalized spacial score (nSPS) is 18.6. The molecule has 3 rings (SSSR count). The van der Waals surface area contributed by atoms with E-state index in [2.05, 4.69) is 15.2 Å². The van der Waals surface area contributed by atoms with Gasteiger partial charge in [0.25, 0.3) is 0 Å². The molecule has 1 aliphatic carbocycles. The first-order valence-electron chi connectivity index (χ1n) is 9.95. The topological polar surface area (TPSA) is 60.7 Å². The van der Waals surface area contributed by atoms with Crippen LogP contribution in [0.4, 0.5) is 4.39 Å². The first kappa shape index (κ1) is 22.9. The van der Waals surface area contributed by atoms with Crippen molar-refractivity contribution in [3.8, 4) is 6.07 Å². The van der Waals surface area contributed by atoms with Crippen LogP contribution in [-0.2, 0) is 11.3 Å². The lowest BCUT2D eigenvalue weighted by Gasteiger charge is -2.34. The van der Waals surface area contributed by atoms with Crippen LogP contribution < -0.4 is 5.32 Å². The number of aliphatic imine (C=N–C) groups is 1. The van der Waals surface area contributed by atoms with Crippen molar-refractivity contribution < 1.29 is 9.13 Å². The number of nitrogens with one attached hydrogen (secondary N) is 1. The molecule has 1 heterocycles. The van der Waals surface area contributed by atoms with Crippen molar-refractivity contribution in [3.05, 3.63) is 35.1 Å². The van der Waals surface area contributed by atoms with Crippen LogP contribution in [-0.4, -0.2) is 43.7 Å². The molecule has 2 aliphatic rings. The van der Waals surface area contributed by atoms with Crippen LogP contribution in [0, 0.1) is 23.1 Å². The van der Waals surface area contributed by atoms with Crippen molar-refractivity contribution in [2.45, 2.75) is 51.2 Å². The quantitative estimate of drug-likeness (QED) is 0.377. The summed E-state index contributed by atoms with van der Waals surface area (Å²) in [6, 6.07) is 6.46. The number of nitriles is 1. The number of benzene rings is 1. The van der Waals surface area contributed by atoms with Crippen LogP contribution in [0.5, 0.6) is 0 Å². The van der Waals surface area contributed by atoms with Crippen molar-refractivity contribution in [2.24, 2.45) is 10.9 Å². The third kappa shape index (κ3) is 6.31. The minimum atomic E-state index is -0.309. The van der Waals surface area contributed by atoms with Crippen molar-refractivity contribution in [1.29, 1.82) is 5.26 Å². The van der Waals surface area contributed by atoms with Crippen molar-refractivity contribution in [2.75, 3.05) is 26.7 Å². The Labute approximate surface area is 184 Å². The zero-order valence-electron chi connectivity index (χ0n) is 16.5. The van der Waals surface area contributed by atoms with E-state index < -0.39 is 0 Å². The fourth-order valence-electron chi connectivity index (χ4n) is 3.97. The van der Waals surface area contributed by atoms with E-state index in [0.29, 0.717) is 23.8 Å². The highest BCUT2D eigenvalue weighted by molar-refractivity contribution is 14.0. The predicted molar refractivity (Wildman–Crippen MR) is 119 cm³/mol. The standard InChI is InChI=1S/C21H29FN4O.HI/c1-24-21(25-14-18-12-17(13-23)6-7-20(18)22)26-10-8-19(9-11-26)27-15-16-4-2-3-5-16;/h6-7,12,16,19H,2-5,8-11,14-15H2,1H3,(H,24,25);1H. The largest absolute Gasteiger partial charge is 0.378 e. The van der Waals surface area contributed by atoms with Gasteiger partial charge in [0, 0.05) is 38.9 Å². The SMILES string of the molecule is CN=C(NCc1cc(C#N)ccc1F)N1CCC(OCC2CCCC2)CC1.I. The van der Waals surface area contributed by atoms with Gasteiger partial charge in [0.15, 0.2) is 5.96 Å². The lowest BCUT2D eigenvalue weighted by atomic mass is 10.1. The average molecular weight is 500 g/mol. The Morgan fingerprint density at radius 3 is 2.64 bits per heavy atom. The molecule has 5 nitrogen and oxygen atoms in total. The zero-order valence-corrected chi connectivity index (χ0v) is 18.8. The summed E-state index contributed by atoms with van der Waals surface area (Å²) in [4.78, 5) is 6.53. The minimum absolute atomic E-state index is 0. The van der Waals surface area contributed by atoms with Crippen LogP contribution in [0.3, 0.4) is 0 Å². The fraction of sp³-hybridized carbons (Fsp3) is 0.619. The number of hydrogen-bond acceptors (Lipinski definition) is 3. The van der Waals surface area contributed by atoms with Gasteiger partial charge in [-0.15, -0.1) is 24.0 Å². The van der Waals surface area contributed by atoms with Crippen LogP contribution in [0.15, 0.2) is 23.2 Å². The summed E-state index contributed by atoms with van der Waals surface area (Å²) < 4.78 is 20.1. The predicted octanol–water partition coefficient (Wildman–Crippen LogP) is 4.06. The molecule has 1 aromatic carbocycles. The Balaban J connectivity index is 0.00000280. The molecule has 7 heteroatoms. The number of ether oxygens (including phenoxy) is 1. The van der Waals surface area contributed by atoms with E-state index in [4.69, 9.17) is 10.00 Å². The number of hydrogen-bond donors (Lipinski definition) is 1. The first-order valence-corrected chi connectivity index (χ1v) is 9.95. The molecule has 1 aliphatic heterocycles. The van der Waals surface area contributed by atoms with E-state index in [1.807, 2.05) is 6.07 Å². The Hall–Kier alpha value is -1.40. The van der Waals surface area contributed by atoms with E-state index in [1.165, 1.54) is 37.8 Å². The van der Waals surface area contributed by atoms with Gasteiger partial charge < -0.3 is 15.0 Å². The summed E-state index contributed by atoms with van der Waals surface area (Å²) in [5.74, 6) is 1.22. The summed E-state index contributed by atoms with van der Waals surface area (Å²) in [6.45, 7) is 2.99. The summed E-state index contributed by atoms with van der Waals surface area (Å²) in [6.07, 6.45) is 7.67. The van der Waals surface area contributed by atoms with E-state index in [-0.39, 0.29) is 29.8 Å². The summed E-state index contributed by atoms with van der Waals surface area (Å²) in [7, 11) is 1.74. The Kier molecular flexibility index (Phi) is 9.45. The summed E-state index contributed by atoms with van der Waals surface area (Å²) >= 11 is 0. The van der Waals surface area contributed by atoms with Gasteiger partial charge in [-0.1, -0.05) is 12.8 Å². The highest BCUT2D eigenvalue weighted by Crippen LogP contribution is 2.26. The molecular formula is C21H30FIN4O. The second-order valence-corrected chi connectivity index (χ2v) is 7.49. The molecule has 0 bridgehead atoms. The maximum absolute atomic E-state index is 13.9. The van der Waals surface area contributed by atoms with Gasteiger partial charge in [0.2, 0.25) is 0 Å². The minimum Gasteiger partial charge on any atom is -0.378 e. The molecule has 154 valence electrons. The van der Waals surface area contributed by atoms with Gasteiger partial charge in [-0.3, -0.25) is 4.99 Å². The number of guanidine groups is 1. The molecule has 2 fully saturated rings. The van der Waals surface area contributed by atoms with E-state index in [9.17, 15) is 4.39 Å². The van der Waals surface area contributed by atoms with Crippen LogP contribution >= 0.6 is 24.0 Å². The molecule has 1 N–H and O–H groups in total. The monoisotopic (exact) mass is 500 g/mol. The molecule has 0 atom stereocenters. The number of halogens is 2. The molecule has 1 saturated heterocycles. The average Bonchev–Trinajstić information content (AvgIpc) is 3.22. The maximum Gasteiger partial charge on any atom is 0.193 e. The lowest BCUT2D eigenvalue weighted by Crippen LogP contribution is -2.47. The van der Waals surface area contributed by atoms with Crippen molar-refractivity contribution >= 4 is 29.9 Å². The highest BCUT2D eigenvalue weighted by atomic mass is 127. The summed E-state index contributed by atoms with van der Waals surface area (Å²) in [5, 5.41) is 12.2. The van der Waals surface area contributed by atoms with Gasteiger partial charge >= 0.3 is 0 Å². The Morgan fingerprint density at radius 2 is 2.00 bits per heavy atom. The molecule has 0 aromatic heterocycles. The lowest BCUT2D eigenvalue weighted by molar-refractivity contribution is 0.00101. The van der Waals surface area contributed by atoms with Gasteiger partial charge in [0.1, 0.15) is 5.82 Å². The van der Waals surface area contributed by atoms with E-state index in [0.717, 1.165) is 44.4 Å². The molecule has 1 saturated carbocycles. The Bertz CT molecular complexity index is 692. The van der Waals surface area contributed by atoms with Crippen LogP contribution in [0.25, 0.3) is 0 Å². The molecule has 0 amide bonds. The van der Waals surface area contributed by atoms with Gasteiger partial charge in [-0.2, -0.15) is 5.26 Å². The van der Waals surface area contributed by atoms with Crippen LogP contribution in [0.1, 0.15) is 49.7 Å². The van der Waals surface area contributed by atoms with E-state index in [1.54, 1.807) is 13.1 Å². The number of piperidine rings is 1. The molecule has 0 radical (unpaired) electrons. The molecule has 1 aromatic rings. The first-order chi connectivity index (χ1) is 13.2. The van der Waals surface area contributed by atoms with Crippen molar-refractivity contribution in [1.82, 2.24) is 10.2 Å². The molecular weight excluding hydrogens is 470 g/mol. The van der Waals surface area contributed by atoms with Gasteiger partial charge in [-0.05, 0) is 49.8 Å². The number of nitrogens with zero attached hydrogens (tertiary/aromatic N) is 3. The molecule has 28 heavy (non-hydrogen) atoms. The fourth-order valence-corrected chi connectivity index (χ4v) is 3.97. The molecule has 0 spiro atoms. The third-order valence-corrected chi connectivity index (χ3v) is 5.61. The maximum atomic E-state index is 13.9. The highest BCUT2D eigenvalue weighted by Gasteiger charge is 2.24.